The molecule has 0 aliphatic carbocycles. The molecule has 1 saturated heterocycles. The molecule has 23 heavy (non-hydrogen) atoms. The van der Waals surface area contributed by atoms with E-state index in [1.807, 2.05) is 50.1 Å². The molecule has 0 spiro atoms. The van der Waals surface area contributed by atoms with Crippen molar-refractivity contribution in [1.29, 1.82) is 0 Å². The fourth-order valence-electron chi connectivity index (χ4n) is 2.98. The van der Waals surface area contributed by atoms with Crippen molar-refractivity contribution in [1.82, 2.24) is 15.2 Å². The molecular formula is C18H29N3O2. The Hall–Kier alpha value is -1.62. The van der Waals surface area contributed by atoms with Gasteiger partial charge >= 0.3 is 6.09 Å². The van der Waals surface area contributed by atoms with Crippen molar-refractivity contribution in [3.63, 3.8) is 0 Å². The van der Waals surface area contributed by atoms with Gasteiger partial charge in [-0.3, -0.25) is 4.98 Å². The summed E-state index contributed by atoms with van der Waals surface area (Å²) in [7, 11) is 0. The normalized spacial score (nSPS) is 23.4. The van der Waals surface area contributed by atoms with Gasteiger partial charge in [0, 0.05) is 30.9 Å². The number of amides is 1. The molecule has 1 amide bonds. The van der Waals surface area contributed by atoms with E-state index >= 15 is 0 Å². The van der Waals surface area contributed by atoms with Crippen molar-refractivity contribution in [3.05, 3.63) is 30.1 Å². The number of hydrogen-bond donors (Lipinski definition) is 1. The van der Waals surface area contributed by atoms with Crippen LogP contribution in [0.2, 0.25) is 0 Å². The minimum absolute atomic E-state index is 0.102. The van der Waals surface area contributed by atoms with Crippen LogP contribution in [0.25, 0.3) is 0 Å². The van der Waals surface area contributed by atoms with Gasteiger partial charge in [-0.1, -0.05) is 6.07 Å². The average molecular weight is 319 g/mol. The molecule has 1 aliphatic heterocycles. The molecule has 5 nitrogen and oxygen atoms in total. The standard InChI is InChI=1S/C18H29N3O2/c1-13(15-9-6-7-11-19-15)20-16-10-8-12-21(14(16)2)17(22)23-18(3,4)5/h6-7,9,11,13-14,16,20H,8,10,12H2,1-5H3. The smallest absolute Gasteiger partial charge is 0.410 e. The van der Waals surface area contributed by atoms with E-state index < -0.39 is 5.60 Å². The van der Waals surface area contributed by atoms with Crippen LogP contribution in [-0.2, 0) is 4.74 Å². The Morgan fingerprint density at radius 3 is 2.78 bits per heavy atom. The van der Waals surface area contributed by atoms with Crippen LogP contribution >= 0.6 is 0 Å². The van der Waals surface area contributed by atoms with E-state index in [1.54, 1.807) is 0 Å². The second kappa shape index (κ2) is 7.30. The third-order valence-electron chi connectivity index (χ3n) is 4.21. The highest BCUT2D eigenvalue weighted by atomic mass is 16.6. The minimum Gasteiger partial charge on any atom is -0.444 e. The van der Waals surface area contributed by atoms with Crippen LogP contribution in [0.4, 0.5) is 4.79 Å². The number of carbonyl (C=O) groups excluding carboxylic acids is 1. The van der Waals surface area contributed by atoms with Gasteiger partial charge in [0.25, 0.3) is 0 Å². The van der Waals surface area contributed by atoms with Crippen LogP contribution < -0.4 is 5.32 Å². The summed E-state index contributed by atoms with van der Waals surface area (Å²) in [5.74, 6) is 0. The lowest BCUT2D eigenvalue weighted by molar-refractivity contribution is 0.00640. The first-order valence-corrected chi connectivity index (χ1v) is 8.44. The molecule has 0 radical (unpaired) electrons. The summed E-state index contributed by atoms with van der Waals surface area (Å²) in [6, 6.07) is 6.44. The molecule has 0 aromatic carbocycles. The molecule has 1 fully saturated rings. The second-order valence-electron chi connectivity index (χ2n) is 7.31. The van der Waals surface area contributed by atoms with Crippen molar-refractivity contribution in [2.75, 3.05) is 6.54 Å². The summed E-state index contributed by atoms with van der Waals surface area (Å²) >= 11 is 0. The quantitative estimate of drug-likeness (QED) is 0.926. The summed E-state index contributed by atoms with van der Waals surface area (Å²) in [4.78, 5) is 18.6. The van der Waals surface area contributed by atoms with E-state index in [0.29, 0.717) is 0 Å². The number of hydrogen-bond acceptors (Lipinski definition) is 4. The Kier molecular flexibility index (Phi) is 5.63. The Morgan fingerprint density at radius 1 is 1.43 bits per heavy atom. The third kappa shape index (κ3) is 4.93. The number of aromatic nitrogens is 1. The molecule has 1 N–H and O–H groups in total. The fourth-order valence-corrected chi connectivity index (χ4v) is 2.98. The largest absolute Gasteiger partial charge is 0.444 e. The summed E-state index contributed by atoms with van der Waals surface area (Å²) in [5.41, 5.74) is 0.562. The number of nitrogens with zero attached hydrogens (tertiary/aromatic N) is 2. The Morgan fingerprint density at radius 2 is 2.17 bits per heavy atom. The first-order chi connectivity index (χ1) is 10.8. The molecule has 2 heterocycles. The van der Waals surface area contributed by atoms with Gasteiger partial charge in [0.05, 0.1) is 5.69 Å². The Labute approximate surface area is 139 Å². The number of rotatable bonds is 3. The van der Waals surface area contributed by atoms with Crippen LogP contribution in [-0.4, -0.2) is 40.2 Å². The Balaban J connectivity index is 1.99. The summed E-state index contributed by atoms with van der Waals surface area (Å²) in [6.07, 6.45) is 3.63. The Bertz CT molecular complexity index is 513. The number of piperidine rings is 1. The van der Waals surface area contributed by atoms with Crippen LogP contribution in [0.15, 0.2) is 24.4 Å². The van der Waals surface area contributed by atoms with Crippen molar-refractivity contribution in [3.8, 4) is 0 Å². The number of ether oxygens (including phenoxy) is 1. The van der Waals surface area contributed by atoms with Crippen molar-refractivity contribution < 1.29 is 9.53 Å². The van der Waals surface area contributed by atoms with Gasteiger partial charge in [-0.15, -0.1) is 0 Å². The fraction of sp³-hybridized carbons (Fsp3) is 0.667. The topological polar surface area (TPSA) is 54.5 Å². The summed E-state index contributed by atoms with van der Waals surface area (Å²) in [5, 5.41) is 3.62. The van der Waals surface area contributed by atoms with Gasteiger partial charge in [0.1, 0.15) is 5.60 Å². The number of nitrogens with one attached hydrogen (secondary N) is 1. The molecule has 5 heteroatoms. The molecule has 0 saturated carbocycles. The molecule has 128 valence electrons. The number of likely N-dealkylation sites (tertiary alicyclic amines) is 1. The van der Waals surface area contributed by atoms with E-state index in [1.165, 1.54) is 0 Å². The van der Waals surface area contributed by atoms with Crippen molar-refractivity contribution >= 4 is 6.09 Å². The molecule has 1 aromatic rings. The second-order valence-corrected chi connectivity index (χ2v) is 7.31. The first-order valence-electron chi connectivity index (χ1n) is 8.44. The summed E-state index contributed by atoms with van der Waals surface area (Å²) < 4.78 is 5.53. The van der Waals surface area contributed by atoms with Crippen molar-refractivity contribution in [2.45, 2.75) is 71.2 Å². The molecule has 2 rings (SSSR count). The van der Waals surface area contributed by atoms with E-state index in [-0.39, 0.29) is 24.2 Å². The van der Waals surface area contributed by atoms with Crippen LogP contribution in [0.5, 0.6) is 0 Å². The highest BCUT2D eigenvalue weighted by molar-refractivity contribution is 5.68. The van der Waals surface area contributed by atoms with Gasteiger partial charge in [-0.05, 0) is 59.6 Å². The molecule has 1 aromatic heterocycles. The maximum Gasteiger partial charge on any atom is 0.410 e. The molecule has 0 bridgehead atoms. The van der Waals surface area contributed by atoms with E-state index in [4.69, 9.17) is 4.74 Å². The van der Waals surface area contributed by atoms with Crippen LogP contribution in [0.3, 0.4) is 0 Å². The SMILES string of the molecule is CC(NC1CCCN(C(=O)OC(C)(C)C)C1C)c1ccccn1. The first kappa shape index (κ1) is 17.7. The molecule has 3 unspecified atom stereocenters. The van der Waals surface area contributed by atoms with Gasteiger partial charge in [0.15, 0.2) is 0 Å². The van der Waals surface area contributed by atoms with Crippen molar-refractivity contribution in [2.24, 2.45) is 0 Å². The highest BCUT2D eigenvalue weighted by Crippen LogP contribution is 2.23. The maximum absolute atomic E-state index is 12.4. The van der Waals surface area contributed by atoms with E-state index in [0.717, 1.165) is 25.1 Å². The maximum atomic E-state index is 12.4. The van der Waals surface area contributed by atoms with Gasteiger partial charge in [-0.25, -0.2) is 4.79 Å². The lowest BCUT2D eigenvalue weighted by Crippen LogP contribution is -2.55. The minimum atomic E-state index is -0.460. The molecular weight excluding hydrogens is 290 g/mol. The van der Waals surface area contributed by atoms with E-state index in [9.17, 15) is 4.79 Å². The zero-order valence-electron chi connectivity index (χ0n) is 14.9. The van der Waals surface area contributed by atoms with Crippen LogP contribution in [0, 0.1) is 0 Å². The highest BCUT2D eigenvalue weighted by Gasteiger charge is 2.34. The van der Waals surface area contributed by atoms with Gasteiger partial charge in [-0.2, -0.15) is 0 Å². The monoisotopic (exact) mass is 319 g/mol. The van der Waals surface area contributed by atoms with Gasteiger partial charge < -0.3 is 15.0 Å². The number of pyridine rings is 1. The lowest BCUT2D eigenvalue weighted by Gasteiger charge is -2.41. The van der Waals surface area contributed by atoms with Gasteiger partial charge in [0.2, 0.25) is 0 Å². The third-order valence-corrected chi connectivity index (χ3v) is 4.21. The predicted octanol–water partition coefficient (Wildman–Crippen LogP) is 3.52. The zero-order valence-corrected chi connectivity index (χ0v) is 14.9. The van der Waals surface area contributed by atoms with E-state index in [2.05, 4.69) is 24.1 Å². The predicted molar refractivity (Wildman–Crippen MR) is 91.2 cm³/mol. The molecule has 1 aliphatic rings. The average Bonchev–Trinajstić information content (AvgIpc) is 2.48. The van der Waals surface area contributed by atoms with Crippen LogP contribution in [0.1, 0.15) is 59.2 Å². The summed E-state index contributed by atoms with van der Waals surface area (Å²) in [6.45, 7) is 10.7. The molecule has 3 atom stereocenters. The number of carbonyl (C=O) groups is 1. The zero-order chi connectivity index (χ0) is 17.0. The lowest BCUT2D eigenvalue weighted by atomic mass is 9.96.